The molecule has 1 aliphatic carbocycles. The summed E-state index contributed by atoms with van der Waals surface area (Å²) >= 11 is 0. The van der Waals surface area contributed by atoms with Crippen LogP contribution in [0.15, 0.2) is 0 Å². The van der Waals surface area contributed by atoms with Crippen LogP contribution >= 0.6 is 0 Å². The van der Waals surface area contributed by atoms with Gasteiger partial charge in [-0.2, -0.15) is 0 Å². The Morgan fingerprint density at radius 3 is 2.50 bits per heavy atom. The van der Waals surface area contributed by atoms with Crippen LogP contribution in [0.3, 0.4) is 0 Å². The van der Waals surface area contributed by atoms with Crippen molar-refractivity contribution in [3.63, 3.8) is 0 Å². The topological polar surface area (TPSA) is 26.0 Å². The minimum Gasteiger partial charge on any atom is -0.325 e. The van der Waals surface area contributed by atoms with Crippen molar-refractivity contribution in [2.75, 3.05) is 0 Å². The fraction of sp³-hybridized carbons (Fsp3) is 1.00. The van der Waals surface area contributed by atoms with Gasteiger partial charge >= 0.3 is 0 Å². The fourth-order valence-corrected chi connectivity index (χ4v) is 1.15. The molecule has 1 rings (SSSR count). The van der Waals surface area contributed by atoms with E-state index in [1.165, 1.54) is 0 Å². The molecule has 2 N–H and O–H groups in total. The molecule has 0 aromatic rings. The van der Waals surface area contributed by atoms with Crippen molar-refractivity contribution in [3.8, 4) is 0 Å². The van der Waals surface area contributed by atoms with Crippen molar-refractivity contribution in [1.82, 2.24) is 0 Å². The zero-order valence-electron chi connectivity index (χ0n) is 5.15. The summed E-state index contributed by atoms with van der Waals surface area (Å²) in [5.41, 5.74) is 4.37. The molecular weight excluding hydrogens is 105 g/mol. The van der Waals surface area contributed by atoms with E-state index in [0.29, 0.717) is 6.42 Å². The van der Waals surface area contributed by atoms with Crippen LogP contribution in [-0.2, 0) is 0 Å². The van der Waals surface area contributed by atoms with E-state index in [9.17, 15) is 4.39 Å². The standard InChI is InChI=1S/C6H12FN/c1-6(7)4-2-3-5(6)8/h5H,2-4,8H2,1H3/t5-,6+/m1/s1. The van der Waals surface area contributed by atoms with Gasteiger partial charge in [-0.1, -0.05) is 0 Å². The quantitative estimate of drug-likeness (QED) is 0.507. The molecule has 1 nitrogen and oxygen atoms in total. The second-order valence-corrected chi connectivity index (χ2v) is 2.78. The Bertz CT molecular complexity index is 90.5. The van der Waals surface area contributed by atoms with E-state index < -0.39 is 5.67 Å². The second-order valence-electron chi connectivity index (χ2n) is 2.78. The molecule has 0 heterocycles. The van der Waals surface area contributed by atoms with Crippen LogP contribution in [0.2, 0.25) is 0 Å². The Balaban J connectivity index is 2.54. The third-order valence-electron chi connectivity index (χ3n) is 1.95. The number of halogens is 1. The average Bonchev–Trinajstić information content (AvgIpc) is 1.86. The van der Waals surface area contributed by atoms with Gasteiger partial charge in [0.1, 0.15) is 5.67 Å². The Labute approximate surface area is 49.1 Å². The Hall–Kier alpha value is -0.110. The van der Waals surface area contributed by atoms with Crippen molar-refractivity contribution in [1.29, 1.82) is 0 Å². The minimum absolute atomic E-state index is 0.206. The molecule has 48 valence electrons. The predicted molar refractivity (Wildman–Crippen MR) is 31.3 cm³/mol. The lowest BCUT2D eigenvalue weighted by atomic mass is 10.0. The van der Waals surface area contributed by atoms with E-state index in [1.54, 1.807) is 6.92 Å². The first-order chi connectivity index (χ1) is 3.63. The highest BCUT2D eigenvalue weighted by atomic mass is 19.1. The predicted octanol–water partition coefficient (Wildman–Crippen LogP) is 1.23. The zero-order valence-corrected chi connectivity index (χ0v) is 5.15. The summed E-state index contributed by atoms with van der Waals surface area (Å²) in [5, 5.41) is 0. The van der Waals surface area contributed by atoms with E-state index in [1.807, 2.05) is 0 Å². The lowest BCUT2D eigenvalue weighted by Crippen LogP contribution is -2.36. The highest BCUT2D eigenvalue weighted by Crippen LogP contribution is 2.31. The Morgan fingerprint density at radius 2 is 2.38 bits per heavy atom. The molecular formula is C6H12FN. The molecule has 0 aromatic heterocycles. The maximum atomic E-state index is 12.9. The molecule has 1 aliphatic rings. The summed E-state index contributed by atoms with van der Waals surface area (Å²) in [4.78, 5) is 0. The van der Waals surface area contributed by atoms with Gasteiger partial charge in [0.05, 0.1) is 0 Å². The molecule has 0 aliphatic heterocycles. The van der Waals surface area contributed by atoms with Gasteiger partial charge in [0.15, 0.2) is 0 Å². The third kappa shape index (κ3) is 0.848. The number of alkyl halides is 1. The molecule has 0 amide bonds. The monoisotopic (exact) mass is 117 g/mol. The van der Waals surface area contributed by atoms with Gasteiger partial charge in [0.2, 0.25) is 0 Å². The van der Waals surface area contributed by atoms with Crippen LogP contribution in [-0.4, -0.2) is 11.7 Å². The number of nitrogens with two attached hydrogens (primary N) is 1. The van der Waals surface area contributed by atoms with Crippen molar-refractivity contribution in [2.45, 2.75) is 37.9 Å². The van der Waals surface area contributed by atoms with Crippen molar-refractivity contribution >= 4 is 0 Å². The zero-order chi connectivity index (χ0) is 6.20. The Kier molecular flexibility index (Phi) is 1.27. The molecule has 0 bridgehead atoms. The molecule has 0 saturated heterocycles. The first kappa shape index (κ1) is 6.02. The van der Waals surface area contributed by atoms with Gasteiger partial charge in [-0.3, -0.25) is 0 Å². The smallest absolute Gasteiger partial charge is 0.123 e. The number of hydrogen-bond acceptors (Lipinski definition) is 1. The number of hydrogen-bond donors (Lipinski definition) is 1. The van der Waals surface area contributed by atoms with Crippen LogP contribution in [0, 0.1) is 0 Å². The SMILES string of the molecule is C[C@]1(F)CCC[C@H]1N. The highest BCUT2D eigenvalue weighted by molar-refractivity contribution is 4.91. The normalized spacial score (nSPS) is 47.6. The van der Waals surface area contributed by atoms with Crippen LogP contribution in [0.5, 0.6) is 0 Å². The van der Waals surface area contributed by atoms with Gasteiger partial charge in [-0.25, -0.2) is 4.39 Å². The lowest BCUT2D eigenvalue weighted by molar-refractivity contribution is 0.175. The van der Waals surface area contributed by atoms with Crippen LogP contribution in [0.4, 0.5) is 4.39 Å². The van der Waals surface area contributed by atoms with Gasteiger partial charge in [0.25, 0.3) is 0 Å². The molecule has 2 atom stereocenters. The molecule has 1 fully saturated rings. The summed E-state index contributed by atoms with van der Waals surface area (Å²) in [7, 11) is 0. The summed E-state index contributed by atoms with van der Waals surface area (Å²) < 4.78 is 12.9. The molecule has 0 spiro atoms. The van der Waals surface area contributed by atoms with Gasteiger partial charge < -0.3 is 5.73 Å². The average molecular weight is 117 g/mol. The van der Waals surface area contributed by atoms with E-state index in [4.69, 9.17) is 5.73 Å². The van der Waals surface area contributed by atoms with Crippen LogP contribution in [0.1, 0.15) is 26.2 Å². The highest BCUT2D eigenvalue weighted by Gasteiger charge is 2.35. The maximum absolute atomic E-state index is 12.9. The van der Waals surface area contributed by atoms with Crippen molar-refractivity contribution in [3.05, 3.63) is 0 Å². The molecule has 0 unspecified atom stereocenters. The van der Waals surface area contributed by atoms with Gasteiger partial charge in [-0.05, 0) is 26.2 Å². The van der Waals surface area contributed by atoms with Gasteiger partial charge in [-0.15, -0.1) is 0 Å². The number of rotatable bonds is 0. The molecule has 0 radical (unpaired) electrons. The van der Waals surface area contributed by atoms with E-state index in [-0.39, 0.29) is 6.04 Å². The van der Waals surface area contributed by atoms with Gasteiger partial charge in [0, 0.05) is 6.04 Å². The summed E-state index contributed by atoms with van der Waals surface area (Å²) in [5.74, 6) is 0. The first-order valence-electron chi connectivity index (χ1n) is 3.07. The fourth-order valence-electron chi connectivity index (χ4n) is 1.15. The van der Waals surface area contributed by atoms with Crippen molar-refractivity contribution < 1.29 is 4.39 Å². The summed E-state index contributed by atoms with van der Waals surface area (Å²) in [6.45, 7) is 1.59. The Morgan fingerprint density at radius 1 is 1.75 bits per heavy atom. The second kappa shape index (κ2) is 1.69. The van der Waals surface area contributed by atoms with Crippen molar-refractivity contribution in [2.24, 2.45) is 5.73 Å². The molecule has 2 heteroatoms. The molecule has 1 saturated carbocycles. The minimum atomic E-state index is -1.07. The van der Waals surface area contributed by atoms with Crippen LogP contribution in [0.25, 0.3) is 0 Å². The first-order valence-corrected chi connectivity index (χ1v) is 3.07. The summed E-state index contributed by atoms with van der Waals surface area (Å²) in [6.07, 6.45) is 2.45. The third-order valence-corrected chi connectivity index (χ3v) is 1.95. The lowest BCUT2D eigenvalue weighted by Gasteiger charge is -2.17. The van der Waals surface area contributed by atoms with E-state index in [0.717, 1.165) is 12.8 Å². The largest absolute Gasteiger partial charge is 0.325 e. The molecule has 8 heavy (non-hydrogen) atoms. The van der Waals surface area contributed by atoms with Crippen LogP contribution < -0.4 is 5.73 Å². The van der Waals surface area contributed by atoms with E-state index >= 15 is 0 Å². The maximum Gasteiger partial charge on any atom is 0.123 e. The van der Waals surface area contributed by atoms with E-state index in [2.05, 4.69) is 0 Å². The molecule has 0 aromatic carbocycles. The summed E-state index contributed by atoms with van der Waals surface area (Å²) in [6, 6.07) is -0.206.